The van der Waals surface area contributed by atoms with Crippen molar-refractivity contribution in [2.45, 2.75) is 45.2 Å². The lowest BCUT2D eigenvalue weighted by Crippen LogP contribution is -2.47. The molecule has 1 atom stereocenters. The van der Waals surface area contributed by atoms with Gasteiger partial charge in [-0.2, -0.15) is 0 Å². The molecule has 1 heterocycles. The minimum absolute atomic E-state index is 0.250. The summed E-state index contributed by atoms with van der Waals surface area (Å²) in [6, 6.07) is 0.460. The van der Waals surface area contributed by atoms with Crippen LogP contribution in [0.3, 0.4) is 0 Å². The fourth-order valence-corrected chi connectivity index (χ4v) is 1.96. The van der Waals surface area contributed by atoms with Crippen LogP contribution in [0.1, 0.15) is 33.6 Å². The third-order valence-corrected chi connectivity index (χ3v) is 2.90. The molecule has 3 heteroatoms. The zero-order valence-corrected chi connectivity index (χ0v) is 9.71. The van der Waals surface area contributed by atoms with Crippen LogP contribution in [-0.4, -0.2) is 47.8 Å². The summed E-state index contributed by atoms with van der Waals surface area (Å²) in [4.78, 5) is 2.51. The maximum Gasteiger partial charge on any atom is 0.0446 e. The van der Waals surface area contributed by atoms with E-state index in [9.17, 15) is 0 Å². The van der Waals surface area contributed by atoms with Crippen molar-refractivity contribution >= 4 is 0 Å². The molecule has 1 saturated heterocycles. The molecule has 14 heavy (non-hydrogen) atoms. The average molecular weight is 200 g/mol. The monoisotopic (exact) mass is 200 g/mol. The Hall–Kier alpha value is -0.120. The summed E-state index contributed by atoms with van der Waals surface area (Å²) in [6.45, 7) is 10.4. The maximum absolute atomic E-state index is 8.94. The summed E-state index contributed by atoms with van der Waals surface area (Å²) in [6.07, 6.45) is 2.08. The average Bonchev–Trinajstić information content (AvgIpc) is 2.29. The number of nitrogens with zero attached hydrogens (tertiary/aromatic N) is 1. The molecule has 1 fully saturated rings. The highest BCUT2D eigenvalue weighted by Gasteiger charge is 2.25. The molecule has 0 aromatic carbocycles. The van der Waals surface area contributed by atoms with E-state index in [-0.39, 0.29) is 12.1 Å². The first-order chi connectivity index (χ1) is 6.54. The SMILES string of the molecule is CC(C)(C)N1CCCNC(CCO)C1. The van der Waals surface area contributed by atoms with Crippen molar-refractivity contribution in [3.05, 3.63) is 0 Å². The van der Waals surface area contributed by atoms with Crippen molar-refractivity contribution in [1.29, 1.82) is 0 Å². The second-order valence-electron chi connectivity index (χ2n) is 5.13. The molecule has 2 N–H and O–H groups in total. The Morgan fingerprint density at radius 2 is 2.14 bits per heavy atom. The van der Waals surface area contributed by atoms with Crippen molar-refractivity contribution in [2.75, 3.05) is 26.2 Å². The first-order valence-electron chi connectivity index (χ1n) is 5.63. The second kappa shape index (κ2) is 5.10. The predicted molar refractivity (Wildman–Crippen MR) is 59.4 cm³/mol. The number of aliphatic hydroxyl groups excluding tert-OH is 1. The molecule has 0 spiro atoms. The highest BCUT2D eigenvalue weighted by atomic mass is 16.3. The van der Waals surface area contributed by atoms with Crippen LogP contribution >= 0.6 is 0 Å². The van der Waals surface area contributed by atoms with E-state index in [1.807, 2.05) is 0 Å². The van der Waals surface area contributed by atoms with Crippen LogP contribution in [0.15, 0.2) is 0 Å². The molecular weight excluding hydrogens is 176 g/mol. The Labute approximate surface area is 87.5 Å². The minimum atomic E-state index is 0.250. The van der Waals surface area contributed by atoms with E-state index in [4.69, 9.17) is 5.11 Å². The van der Waals surface area contributed by atoms with Crippen molar-refractivity contribution in [1.82, 2.24) is 10.2 Å². The topological polar surface area (TPSA) is 35.5 Å². The van der Waals surface area contributed by atoms with Crippen molar-refractivity contribution in [3.8, 4) is 0 Å². The summed E-state index contributed by atoms with van der Waals surface area (Å²) < 4.78 is 0. The Balaban J connectivity index is 2.51. The quantitative estimate of drug-likeness (QED) is 0.693. The lowest BCUT2D eigenvalue weighted by molar-refractivity contribution is 0.128. The van der Waals surface area contributed by atoms with E-state index >= 15 is 0 Å². The second-order valence-corrected chi connectivity index (χ2v) is 5.13. The van der Waals surface area contributed by atoms with Gasteiger partial charge in [-0.1, -0.05) is 0 Å². The minimum Gasteiger partial charge on any atom is -0.396 e. The van der Waals surface area contributed by atoms with E-state index in [0.717, 1.165) is 19.5 Å². The van der Waals surface area contributed by atoms with E-state index in [1.165, 1.54) is 13.0 Å². The van der Waals surface area contributed by atoms with Crippen molar-refractivity contribution in [2.24, 2.45) is 0 Å². The Morgan fingerprint density at radius 1 is 1.43 bits per heavy atom. The van der Waals surface area contributed by atoms with Gasteiger partial charge in [0.1, 0.15) is 0 Å². The number of hydrogen-bond donors (Lipinski definition) is 2. The van der Waals surface area contributed by atoms with Gasteiger partial charge >= 0.3 is 0 Å². The van der Waals surface area contributed by atoms with Gasteiger partial charge < -0.3 is 10.4 Å². The highest BCUT2D eigenvalue weighted by Crippen LogP contribution is 2.16. The molecule has 0 aromatic rings. The van der Waals surface area contributed by atoms with Gasteiger partial charge in [0, 0.05) is 24.7 Å². The van der Waals surface area contributed by atoms with Gasteiger partial charge in [0.25, 0.3) is 0 Å². The van der Waals surface area contributed by atoms with Crippen LogP contribution in [0.4, 0.5) is 0 Å². The molecule has 0 radical (unpaired) electrons. The number of nitrogens with one attached hydrogen (secondary N) is 1. The van der Waals surface area contributed by atoms with E-state index < -0.39 is 0 Å². The molecular formula is C11H24N2O. The number of hydrogen-bond acceptors (Lipinski definition) is 3. The first kappa shape index (κ1) is 12.0. The summed E-state index contributed by atoms with van der Waals surface area (Å²) in [5.74, 6) is 0. The Kier molecular flexibility index (Phi) is 4.35. The smallest absolute Gasteiger partial charge is 0.0446 e. The van der Waals surface area contributed by atoms with Gasteiger partial charge in [-0.3, -0.25) is 4.90 Å². The lowest BCUT2D eigenvalue weighted by Gasteiger charge is -2.36. The fourth-order valence-electron chi connectivity index (χ4n) is 1.96. The maximum atomic E-state index is 8.94. The molecule has 3 nitrogen and oxygen atoms in total. The van der Waals surface area contributed by atoms with E-state index in [2.05, 4.69) is 31.0 Å². The lowest BCUT2D eigenvalue weighted by atomic mass is 10.0. The number of rotatable bonds is 2. The predicted octanol–water partition coefficient (Wildman–Crippen LogP) is 0.831. The summed E-state index contributed by atoms with van der Waals surface area (Å²) in [5.41, 5.74) is 0.250. The molecule has 0 aromatic heterocycles. The first-order valence-corrected chi connectivity index (χ1v) is 5.63. The summed E-state index contributed by atoms with van der Waals surface area (Å²) >= 11 is 0. The molecule has 0 saturated carbocycles. The molecule has 1 unspecified atom stereocenters. The Bertz CT molecular complexity index is 165. The standard InChI is InChI=1S/C11H24N2O/c1-11(2,3)13-7-4-6-12-10(9-13)5-8-14/h10,12,14H,4-9H2,1-3H3. The van der Waals surface area contributed by atoms with Crippen LogP contribution in [-0.2, 0) is 0 Å². The molecule has 0 bridgehead atoms. The molecule has 1 aliphatic heterocycles. The number of aliphatic hydroxyl groups is 1. The normalized spacial score (nSPS) is 26.1. The van der Waals surface area contributed by atoms with E-state index in [0.29, 0.717) is 6.04 Å². The molecule has 0 amide bonds. The van der Waals surface area contributed by atoms with Gasteiger partial charge in [-0.15, -0.1) is 0 Å². The molecule has 84 valence electrons. The zero-order chi connectivity index (χ0) is 10.6. The third kappa shape index (κ3) is 3.56. The van der Waals surface area contributed by atoms with Crippen LogP contribution in [0.2, 0.25) is 0 Å². The zero-order valence-electron chi connectivity index (χ0n) is 9.71. The largest absolute Gasteiger partial charge is 0.396 e. The van der Waals surface area contributed by atoms with Gasteiger partial charge in [-0.05, 0) is 46.7 Å². The third-order valence-electron chi connectivity index (χ3n) is 2.90. The molecule has 0 aliphatic carbocycles. The summed E-state index contributed by atoms with van der Waals surface area (Å²) in [5, 5.41) is 12.4. The van der Waals surface area contributed by atoms with Gasteiger partial charge in [0.2, 0.25) is 0 Å². The van der Waals surface area contributed by atoms with Gasteiger partial charge in [0.05, 0.1) is 0 Å². The van der Waals surface area contributed by atoms with E-state index in [1.54, 1.807) is 0 Å². The van der Waals surface area contributed by atoms with Crippen LogP contribution in [0.5, 0.6) is 0 Å². The molecule has 1 rings (SSSR count). The van der Waals surface area contributed by atoms with Crippen LogP contribution in [0, 0.1) is 0 Å². The fraction of sp³-hybridized carbons (Fsp3) is 1.00. The van der Waals surface area contributed by atoms with Crippen molar-refractivity contribution in [3.63, 3.8) is 0 Å². The highest BCUT2D eigenvalue weighted by molar-refractivity contribution is 4.83. The van der Waals surface area contributed by atoms with Gasteiger partial charge in [-0.25, -0.2) is 0 Å². The summed E-state index contributed by atoms with van der Waals surface area (Å²) in [7, 11) is 0. The Morgan fingerprint density at radius 3 is 2.71 bits per heavy atom. The van der Waals surface area contributed by atoms with Crippen molar-refractivity contribution < 1.29 is 5.11 Å². The van der Waals surface area contributed by atoms with Gasteiger partial charge in [0.15, 0.2) is 0 Å². The van der Waals surface area contributed by atoms with Crippen LogP contribution < -0.4 is 5.32 Å². The van der Waals surface area contributed by atoms with Crippen LogP contribution in [0.25, 0.3) is 0 Å². The molecule has 1 aliphatic rings.